The Kier molecular flexibility index (Phi) is 4.66. The van der Waals surface area contributed by atoms with Gasteiger partial charge >= 0.3 is 6.03 Å². The Labute approximate surface area is 148 Å². The predicted octanol–water partition coefficient (Wildman–Crippen LogP) is 4.96. The van der Waals surface area contributed by atoms with Crippen molar-refractivity contribution in [2.75, 3.05) is 17.7 Å². The molecule has 1 aromatic heterocycles. The monoisotopic (exact) mass is 385 g/mol. The van der Waals surface area contributed by atoms with E-state index in [4.69, 9.17) is 4.74 Å². The number of benzene rings is 2. The predicted molar refractivity (Wildman–Crippen MR) is 99.8 cm³/mol. The second kappa shape index (κ2) is 6.88. The van der Waals surface area contributed by atoms with Gasteiger partial charge in [0.05, 0.1) is 24.0 Å². The topological polar surface area (TPSA) is 63.2 Å². The third-order valence-electron chi connectivity index (χ3n) is 3.50. The second-order valence-electron chi connectivity index (χ2n) is 5.25. The molecule has 0 bridgehead atoms. The summed E-state index contributed by atoms with van der Waals surface area (Å²) in [6.45, 7) is 1.90. The smallest absolute Gasteiger partial charge is 0.323 e. The number of halogens is 1. The number of anilines is 2. The van der Waals surface area contributed by atoms with Gasteiger partial charge in [-0.2, -0.15) is 0 Å². The highest BCUT2D eigenvalue weighted by Gasteiger charge is 2.10. The summed E-state index contributed by atoms with van der Waals surface area (Å²) in [4.78, 5) is 16.8. The number of urea groups is 1. The van der Waals surface area contributed by atoms with E-state index in [0.717, 1.165) is 21.1 Å². The van der Waals surface area contributed by atoms with E-state index in [9.17, 15) is 4.79 Å². The molecule has 1 heterocycles. The Hall–Kier alpha value is -2.60. The number of methoxy groups -OCH3 is 1. The van der Waals surface area contributed by atoms with Crippen LogP contribution in [-0.4, -0.2) is 18.1 Å². The Balaban J connectivity index is 1.86. The first-order chi connectivity index (χ1) is 11.6. The van der Waals surface area contributed by atoms with Crippen molar-refractivity contribution < 1.29 is 9.53 Å². The minimum atomic E-state index is -0.341. The third kappa shape index (κ3) is 3.49. The van der Waals surface area contributed by atoms with Gasteiger partial charge in [0.25, 0.3) is 0 Å². The molecule has 122 valence electrons. The molecule has 0 spiro atoms. The molecule has 5 nitrogen and oxygen atoms in total. The number of carbonyl (C=O) groups excluding carboxylic acids is 1. The fourth-order valence-electron chi connectivity index (χ4n) is 2.46. The molecule has 0 saturated heterocycles. The third-order valence-corrected chi connectivity index (χ3v) is 4.00. The molecule has 0 unspecified atom stereocenters. The number of hydrogen-bond donors (Lipinski definition) is 2. The Bertz CT molecular complexity index is 912. The van der Waals surface area contributed by atoms with Gasteiger partial charge in [-0.25, -0.2) is 4.79 Å². The number of para-hydroxylation sites is 1. The lowest BCUT2D eigenvalue weighted by Gasteiger charge is -2.13. The highest BCUT2D eigenvalue weighted by atomic mass is 79.9. The number of rotatable bonds is 3. The molecule has 0 aliphatic rings. The van der Waals surface area contributed by atoms with Gasteiger partial charge in [-0.3, -0.25) is 4.98 Å². The van der Waals surface area contributed by atoms with Gasteiger partial charge in [0, 0.05) is 15.6 Å². The number of aryl methyl sites for hydroxylation is 1. The zero-order chi connectivity index (χ0) is 17.1. The maximum absolute atomic E-state index is 12.4. The Morgan fingerprint density at radius 1 is 1.08 bits per heavy atom. The summed E-state index contributed by atoms with van der Waals surface area (Å²) >= 11 is 3.38. The number of pyridine rings is 1. The van der Waals surface area contributed by atoms with Crippen LogP contribution in [0.1, 0.15) is 5.69 Å². The van der Waals surface area contributed by atoms with Crippen LogP contribution in [0, 0.1) is 6.92 Å². The van der Waals surface area contributed by atoms with Crippen molar-refractivity contribution >= 4 is 44.2 Å². The summed E-state index contributed by atoms with van der Waals surface area (Å²) in [5.74, 6) is 0.579. The molecule has 0 aliphatic carbocycles. The number of nitrogens with zero attached hydrogens (tertiary/aromatic N) is 1. The van der Waals surface area contributed by atoms with E-state index in [-0.39, 0.29) is 6.03 Å². The van der Waals surface area contributed by atoms with Crippen molar-refractivity contribution in [3.63, 3.8) is 0 Å². The number of hydrogen-bond acceptors (Lipinski definition) is 3. The minimum Gasteiger partial charge on any atom is -0.495 e. The lowest BCUT2D eigenvalue weighted by molar-refractivity contribution is 0.262. The molecular weight excluding hydrogens is 370 g/mol. The molecular formula is C18H16BrN3O2. The number of nitrogens with one attached hydrogen (secondary N) is 2. The maximum Gasteiger partial charge on any atom is 0.323 e. The fraction of sp³-hybridized carbons (Fsp3) is 0.111. The van der Waals surface area contributed by atoms with E-state index in [2.05, 4.69) is 31.5 Å². The van der Waals surface area contributed by atoms with Crippen LogP contribution in [0.25, 0.3) is 10.9 Å². The molecule has 0 atom stereocenters. The molecule has 0 fully saturated rings. The largest absolute Gasteiger partial charge is 0.495 e. The van der Waals surface area contributed by atoms with Crippen molar-refractivity contribution in [1.29, 1.82) is 0 Å². The van der Waals surface area contributed by atoms with Crippen LogP contribution in [0.15, 0.2) is 53.0 Å². The summed E-state index contributed by atoms with van der Waals surface area (Å²) in [6.07, 6.45) is 0. The van der Waals surface area contributed by atoms with Crippen molar-refractivity contribution in [1.82, 2.24) is 4.98 Å². The first-order valence-electron chi connectivity index (χ1n) is 7.35. The summed E-state index contributed by atoms with van der Waals surface area (Å²) in [6, 6.07) is 14.6. The molecule has 24 heavy (non-hydrogen) atoms. The van der Waals surface area contributed by atoms with Crippen LogP contribution in [0.5, 0.6) is 5.75 Å². The van der Waals surface area contributed by atoms with Gasteiger partial charge in [0.1, 0.15) is 5.75 Å². The van der Waals surface area contributed by atoms with E-state index in [1.54, 1.807) is 19.2 Å². The molecule has 2 amide bonds. The highest BCUT2D eigenvalue weighted by molar-refractivity contribution is 9.10. The summed E-state index contributed by atoms with van der Waals surface area (Å²) < 4.78 is 6.16. The fourth-order valence-corrected chi connectivity index (χ4v) is 2.80. The zero-order valence-electron chi connectivity index (χ0n) is 13.3. The molecule has 0 radical (unpaired) electrons. The first-order valence-corrected chi connectivity index (χ1v) is 8.14. The van der Waals surface area contributed by atoms with Crippen LogP contribution in [0.3, 0.4) is 0 Å². The number of carbonyl (C=O) groups is 1. The lowest BCUT2D eigenvalue weighted by Crippen LogP contribution is -2.20. The molecule has 0 aliphatic heterocycles. The average molecular weight is 386 g/mol. The minimum absolute atomic E-state index is 0.341. The number of fused-ring (bicyclic) bond motifs is 1. The first kappa shape index (κ1) is 16.3. The summed E-state index contributed by atoms with van der Waals surface area (Å²) in [7, 11) is 1.56. The SMILES string of the molecule is COc1cc(Br)ccc1NC(=O)Nc1cc(C)nc2ccccc12. The second-order valence-corrected chi connectivity index (χ2v) is 6.17. The van der Waals surface area contributed by atoms with Gasteiger partial charge in [-0.1, -0.05) is 34.1 Å². The van der Waals surface area contributed by atoms with Crippen molar-refractivity contribution in [2.24, 2.45) is 0 Å². The van der Waals surface area contributed by atoms with Crippen molar-refractivity contribution in [3.05, 3.63) is 58.7 Å². The van der Waals surface area contributed by atoms with Gasteiger partial charge < -0.3 is 15.4 Å². The van der Waals surface area contributed by atoms with E-state index in [0.29, 0.717) is 17.1 Å². The quantitative estimate of drug-likeness (QED) is 0.669. The van der Waals surface area contributed by atoms with Crippen LogP contribution in [0.2, 0.25) is 0 Å². The van der Waals surface area contributed by atoms with E-state index in [1.165, 1.54) is 0 Å². The van der Waals surface area contributed by atoms with Crippen molar-refractivity contribution in [3.8, 4) is 5.75 Å². The number of amides is 2. The molecule has 6 heteroatoms. The van der Waals surface area contributed by atoms with Crippen LogP contribution >= 0.6 is 15.9 Å². The summed E-state index contributed by atoms with van der Waals surface area (Å²) in [5.41, 5.74) is 2.99. The number of aromatic nitrogens is 1. The van der Waals surface area contributed by atoms with Crippen molar-refractivity contribution in [2.45, 2.75) is 6.92 Å². The standard InChI is InChI=1S/C18H16BrN3O2/c1-11-9-16(13-5-3-4-6-14(13)20-11)22-18(23)21-15-8-7-12(19)10-17(15)24-2/h3-10H,1-2H3,(H2,20,21,22,23). The van der Waals surface area contributed by atoms with Crippen LogP contribution in [-0.2, 0) is 0 Å². The highest BCUT2D eigenvalue weighted by Crippen LogP contribution is 2.28. The van der Waals surface area contributed by atoms with Gasteiger partial charge in [-0.15, -0.1) is 0 Å². The molecule has 3 rings (SSSR count). The van der Waals surface area contributed by atoms with E-state index < -0.39 is 0 Å². The van der Waals surface area contributed by atoms with Crippen LogP contribution < -0.4 is 15.4 Å². The molecule has 2 aromatic carbocycles. The number of ether oxygens (including phenoxy) is 1. The zero-order valence-corrected chi connectivity index (χ0v) is 14.8. The molecule has 0 saturated carbocycles. The molecule has 2 N–H and O–H groups in total. The Morgan fingerprint density at radius 2 is 1.83 bits per heavy atom. The maximum atomic E-state index is 12.4. The average Bonchev–Trinajstić information content (AvgIpc) is 2.56. The lowest BCUT2D eigenvalue weighted by atomic mass is 10.1. The molecule has 3 aromatic rings. The Morgan fingerprint density at radius 3 is 2.62 bits per heavy atom. The van der Waals surface area contributed by atoms with Gasteiger partial charge in [0.2, 0.25) is 0 Å². The normalized spacial score (nSPS) is 10.5. The van der Waals surface area contributed by atoms with Crippen LogP contribution in [0.4, 0.5) is 16.2 Å². The van der Waals surface area contributed by atoms with E-state index >= 15 is 0 Å². The van der Waals surface area contributed by atoms with Gasteiger partial charge in [-0.05, 0) is 37.3 Å². The van der Waals surface area contributed by atoms with Gasteiger partial charge in [0.15, 0.2) is 0 Å². The van der Waals surface area contributed by atoms with E-state index in [1.807, 2.05) is 43.3 Å². The summed E-state index contributed by atoms with van der Waals surface area (Å²) in [5, 5.41) is 6.58.